The van der Waals surface area contributed by atoms with Crippen LogP contribution in [0.15, 0.2) is 42.5 Å². The van der Waals surface area contributed by atoms with Crippen molar-refractivity contribution in [2.75, 3.05) is 51.2 Å². The molecule has 0 saturated carbocycles. The van der Waals surface area contributed by atoms with Crippen molar-refractivity contribution in [2.45, 2.75) is 0 Å². The fourth-order valence-corrected chi connectivity index (χ4v) is 2.39. The molecule has 0 saturated heterocycles. The maximum atomic E-state index is 13.1. The van der Waals surface area contributed by atoms with E-state index in [1.54, 1.807) is 26.4 Å². The highest BCUT2D eigenvalue weighted by Crippen LogP contribution is 2.30. The maximum Gasteiger partial charge on any atom is 0.123 e. The Morgan fingerprint density at radius 1 is 0.957 bits per heavy atom. The Hall–Kier alpha value is -2.11. The van der Waals surface area contributed by atoms with Gasteiger partial charge in [0.05, 0.1) is 13.2 Å². The Morgan fingerprint density at radius 3 is 2.13 bits per heavy atom. The van der Waals surface area contributed by atoms with Crippen molar-refractivity contribution in [1.29, 1.82) is 0 Å². The molecule has 0 spiro atoms. The third kappa shape index (κ3) is 4.68. The third-order valence-electron chi connectivity index (χ3n) is 3.69. The topological polar surface area (TPSA) is 47.7 Å². The third-order valence-corrected chi connectivity index (χ3v) is 3.69. The van der Waals surface area contributed by atoms with Crippen molar-refractivity contribution in [3.63, 3.8) is 0 Å². The molecule has 0 aliphatic carbocycles. The highest BCUT2D eigenvalue weighted by molar-refractivity contribution is 5.79. The second-order valence-corrected chi connectivity index (χ2v) is 5.25. The van der Waals surface area contributed by atoms with E-state index in [4.69, 9.17) is 15.2 Å². The lowest BCUT2D eigenvalue weighted by atomic mass is 10.0. The van der Waals surface area contributed by atoms with Crippen LogP contribution in [0.2, 0.25) is 0 Å². The molecule has 0 aliphatic rings. The van der Waals surface area contributed by atoms with Crippen LogP contribution in [-0.4, -0.2) is 40.5 Å². The molecule has 0 heterocycles. The zero-order valence-electron chi connectivity index (χ0n) is 13.6. The molecule has 2 N–H and O–H groups in total. The number of methoxy groups -OCH3 is 2. The SMILES string of the molecule is COCCN(CCOC)c1ccc(N)c(-c2ccc(F)cc2)c1. The summed E-state index contributed by atoms with van der Waals surface area (Å²) in [6, 6.07) is 12.2. The number of ether oxygens (including phenoxy) is 2. The molecule has 124 valence electrons. The summed E-state index contributed by atoms with van der Waals surface area (Å²) in [4.78, 5) is 2.18. The molecule has 0 bridgehead atoms. The molecule has 0 radical (unpaired) electrons. The van der Waals surface area contributed by atoms with Gasteiger partial charge in [0.15, 0.2) is 0 Å². The van der Waals surface area contributed by atoms with Crippen LogP contribution in [0.5, 0.6) is 0 Å². The van der Waals surface area contributed by atoms with Crippen LogP contribution in [-0.2, 0) is 9.47 Å². The van der Waals surface area contributed by atoms with Gasteiger partial charge in [-0.05, 0) is 35.9 Å². The van der Waals surface area contributed by atoms with E-state index in [0.717, 1.165) is 29.9 Å². The van der Waals surface area contributed by atoms with Gasteiger partial charge in [-0.25, -0.2) is 4.39 Å². The average molecular weight is 318 g/mol. The highest BCUT2D eigenvalue weighted by Gasteiger charge is 2.10. The van der Waals surface area contributed by atoms with E-state index in [1.807, 2.05) is 18.2 Å². The molecule has 2 aromatic rings. The van der Waals surface area contributed by atoms with Gasteiger partial charge in [0.25, 0.3) is 0 Å². The van der Waals surface area contributed by atoms with Gasteiger partial charge in [0.1, 0.15) is 5.82 Å². The van der Waals surface area contributed by atoms with Gasteiger partial charge in [-0.2, -0.15) is 0 Å². The first-order valence-corrected chi connectivity index (χ1v) is 7.54. The summed E-state index contributed by atoms with van der Waals surface area (Å²) >= 11 is 0. The molecule has 2 rings (SSSR count). The number of anilines is 2. The number of nitrogen functional groups attached to an aromatic ring is 1. The van der Waals surface area contributed by atoms with Gasteiger partial charge in [-0.1, -0.05) is 12.1 Å². The first kappa shape index (κ1) is 17.2. The summed E-state index contributed by atoms with van der Waals surface area (Å²) in [5.74, 6) is -0.259. The summed E-state index contributed by atoms with van der Waals surface area (Å²) in [5.41, 5.74) is 9.58. The van der Waals surface area contributed by atoms with E-state index in [-0.39, 0.29) is 5.82 Å². The van der Waals surface area contributed by atoms with Crippen molar-refractivity contribution in [2.24, 2.45) is 0 Å². The Bertz CT molecular complexity index is 609. The molecule has 0 aromatic heterocycles. The first-order valence-electron chi connectivity index (χ1n) is 7.54. The largest absolute Gasteiger partial charge is 0.398 e. The van der Waals surface area contributed by atoms with Crippen LogP contribution in [0, 0.1) is 5.82 Å². The fraction of sp³-hybridized carbons (Fsp3) is 0.333. The predicted molar refractivity (Wildman–Crippen MR) is 92.2 cm³/mol. The Balaban J connectivity index is 2.31. The molecule has 23 heavy (non-hydrogen) atoms. The summed E-state index contributed by atoms with van der Waals surface area (Å²) in [6.45, 7) is 2.76. The molecule has 0 unspecified atom stereocenters. The van der Waals surface area contributed by atoms with Crippen LogP contribution >= 0.6 is 0 Å². The van der Waals surface area contributed by atoms with E-state index >= 15 is 0 Å². The van der Waals surface area contributed by atoms with Gasteiger partial charge >= 0.3 is 0 Å². The van der Waals surface area contributed by atoms with Crippen molar-refractivity contribution in [3.8, 4) is 11.1 Å². The van der Waals surface area contributed by atoms with Crippen LogP contribution in [0.4, 0.5) is 15.8 Å². The molecule has 0 aliphatic heterocycles. The molecular weight excluding hydrogens is 295 g/mol. The standard InChI is InChI=1S/C18H23FN2O2/c1-22-11-9-21(10-12-23-2)16-7-8-18(20)17(13-16)14-3-5-15(19)6-4-14/h3-8,13H,9-12,20H2,1-2H3. The van der Waals surface area contributed by atoms with Gasteiger partial charge < -0.3 is 20.1 Å². The molecular formula is C18H23FN2O2. The van der Waals surface area contributed by atoms with Crippen molar-refractivity contribution >= 4 is 11.4 Å². The van der Waals surface area contributed by atoms with Gasteiger partial charge in [-0.15, -0.1) is 0 Å². The van der Waals surface area contributed by atoms with Gasteiger partial charge in [-0.3, -0.25) is 0 Å². The monoisotopic (exact) mass is 318 g/mol. The lowest BCUT2D eigenvalue weighted by Gasteiger charge is -2.25. The smallest absolute Gasteiger partial charge is 0.123 e. The van der Waals surface area contributed by atoms with E-state index in [1.165, 1.54) is 12.1 Å². The minimum absolute atomic E-state index is 0.259. The van der Waals surface area contributed by atoms with Crippen molar-refractivity contribution in [3.05, 3.63) is 48.3 Å². The normalized spacial score (nSPS) is 10.7. The lowest BCUT2D eigenvalue weighted by Crippen LogP contribution is -2.30. The lowest BCUT2D eigenvalue weighted by molar-refractivity contribution is 0.190. The van der Waals surface area contributed by atoms with E-state index < -0.39 is 0 Å². The molecule has 0 amide bonds. The van der Waals surface area contributed by atoms with E-state index in [9.17, 15) is 4.39 Å². The molecule has 2 aromatic carbocycles. The Kier molecular flexibility index (Phi) is 6.38. The van der Waals surface area contributed by atoms with Gasteiger partial charge in [0, 0.05) is 44.2 Å². The Morgan fingerprint density at radius 2 is 1.57 bits per heavy atom. The number of nitrogens with two attached hydrogens (primary N) is 1. The first-order chi connectivity index (χ1) is 11.2. The van der Waals surface area contributed by atoms with Crippen molar-refractivity contribution < 1.29 is 13.9 Å². The van der Waals surface area contributed by atoms with Crippen LogP contribution in [0.3, 0.4) is 0 Å². The number of hydrogen-bond donors (Lipinski definition) is 1. The quantitative estimate of drug-likeness (QED) is 0.760. The van der Waals surface area contributed by atoms with Crippen LogP contribution in [0.1, 0.15) is 0 Å². The fourth-order valence-electron chi connectivity index (χ4n) is 2.39. The summed E-state index contributed by atoms with van der Waals surface area (Å²) in [5, 5.41) is 0. The second-order valence-electron chi connectivity index (χ2n) is 5.25. The number of rotatable bonds is 8. The zero-order valence-corrected chi connectivity index (χ0v) is 13.6. The minimum Gasteiger partial charge on any atom is -0.398 e. The van der Waals surface area contributed by atoms with Crippen LogP contribution < -0.4 is 10.6 Å². The minimum atomic E-state index is -0.259. The molecule has 0 atom stereocenters. The zero-order chi connectivity index (χ0) is 16.7. The number of nitrogens with zero attached hydrogens (tertiary/aromatic N) is 1. The van der Waals surface area contributed by atoms with E-state index in [2.05, 4.69) is 4.90 Å². The van der Waals surface area contributed by atoms with Crippen molar-refractivity contribution in [1.82, 2.24) is 0 Å². The van der Waals surface area contributed by atoms with Gasteiger partial charge in [0.2, 0.25) is 0 Å². The highest BCUT2D eigenvalue weighted by atomic mass is 19.1. The summed E-state index contributed by atoms with van der Waals surface area (Å²) in [7, 11) is 3.36. The number of halogens is 1. The molecule has 0 fully saturated rings. The molecule has 4 nitrogen and oxygen atoms in total. The second kappa shape index (κ2) is 8.50. The molecule has 5 heteroatoms. The number of benzene rings is 2. The number of hydrogen-bond acceptors (Lipinski definition) is 4. The predicted octanol–water partition coefficient (Wildman–Crippen LogP) is 3.17. The summed E-state index contributed by atoms with van der Waals surface area (Å²) in [6.07, 6.45) is 0. The van der Waals surface area contributed by atoms with E-state index in [0.29, 0.717) is 18.9 Å². The average Bonchev–Trinajstić information content (AvgIpc) is 2.57. The maximum absolute atomic E-state index is 13.1. The van der Waals surface area contributed by atoms with Crippen LogP contribution in [0.25, 0.3) is 11.1 Å². The summed E-state index contributed by atoms with van der Waals surface area (Å²) < 4.78 is 23.5. The Labute approximate surface area is 136 Å².